The number of benzene rings is 2. The summed E-state index contributed by atoms with van der Waals surface area (Å²) in [5.41, 5.74) is 0.394. The van der Waals surface area contributed by atoms with Crippen molar-refractivity contribution < 1.29 is 14.7 Å². The molecule has 2 rings (SSSR count). The minimum atomic E-state index is -1.32. The first-order valence-corrected chi connectivity index (χ1v) is 6.35. The van der Waals surface area contributed by atoms with E-state index in [1.165, 1.54) is 12.1 Å². The maximum absolute atomic E-state index is 12.1. The second-order valence-corrected chi connectivity index (χ2v) is 4.30. The minimum absolute atomic E-state index is 0.0462. The van der Waals surface area contributed by atoms with Crippen molar-refractivity contribution >= 4 is 17.4 Å². The molecule has 6 nitrogen and oxygen atoms in total. The van der Waals surface area contributed by atoms with Gasteiger partial charge in [-0.1, -0.05) is 42.5 Å². The van der Waals surface area contributed by atoms with E-state index >= 15 is 0 Å². The zero-order chi connectivity index (χ0) is 15.9. The maximum atomic E-state index is 12.1. The van der Waals surface area contributed by atoms with Crippen LogP contribution in [0.15, 0.2) is 64.8 Å². The number of Topliss-reactive ketones (excluding diaryl/α,β-unsaturated/α-hetero) is 1. The Morgan fingerprint density at radius 2 is 1.68 bits per heavy atom. The number of carboxylic acid groups (broad SMARTS) is 1. The summed E-state index contributed by atoms with van der Waals surface area (Å²) < 4.78 is 0. The Hall–Kier alpha value is -3.33. The van der Waals surface area contributed by atoms with E-state index in [-0.39, 0.29) is 11.3 Å². The monoisotopic (exact) mass is 293 g/mol. The lowest BCUT2D eigenvalue weighted by Gasteiger charge is -2.03. The van der Waals surface area contributed by atoms with E-state index in [2.05, 4.69) is 10.2 Å². The van der Waals surface area contributed by atoms with Crippen molar-refractivity contribution in [2.24, 2.45) is 10.2 Å². The molecule has 22 heavy (non-hydrogen) atoms. The molecule has 1 N–H and O–H groups in total. The van der Waals surface area contributed by atoms with Gasteiger partial charge in [0.25, 0.3) is 0 Å². The summed E-state index contributed by atoms with van der Waals surface area (Å²) in [5, 5.41) is 25.5. The fraction of sp³-hybridized carbons (Fsp3) is 0.0625. The average Bonchev–Trinajstić information content (AvgIpc) is 2.56. The molecule has 0 saturated heterocycles. The van der Waals surface area contributed by atoms with Gasteiger partial charge in [0.05, 0.1) is 17.3 Å². The third-order valence-corrected chi connectivity index (χ3v) is 2.84. The fourth-order valence-corrected chi connectivity index (χ4v) is 1.76. The number of carbonyl (C=O) groups excluding carboxylic acids is 1. The number of ketones is 1. The molecule has 0 heterocycles. The Morgan fingerprint density at radius 3 is 2.32 bits per heavy atom. The molecule has 2 aromatic rings. The Labute approximate surface area is 126 Å². The summed E-state index contributed by atoms with van der Waals surface area (Å²) in [6, 6.07) is 14.7. The minimum Gasteiger partial charge on any atom is -0.478 e. The van der Waals surface area contributed by atoms with Crippen molar-refractivity contribution in [2.75, 3.05) is 0 Å². The first kappa shape index (κ1) is 15.1. The van der Waals surface area contributed by atoms with Gasteiger partial charge >= 0.3 is 5.97 Å². The fourth-order valence-electron chi connectivity index (χ4n) is 1.76. The largest absolute Gasteiger partial charge is 0.478 e. The van der Waals surface area contributed by atoms with Gasteiger partial charge in [-0.3, -0.25) is 4.79 Å². The van der Waals surface area contributed by atoms with Crippen LogP contribution in [-0.2, 0) is 0 Å². The molecule has 0 bridgehead atoms. The molecule has 0 saturated carbocycles. The standard InChI is InChI=1S/C16H11N3O3/c17-10-14(15(20)11-6-2-1-3-7-11)19-18-13-9-5-4-8-12(13)16(21)22/h1-9,14H,(H,21,22). The number of nitriles is 1. The highest BCUT2D eigenvalue weighted by molar-refractivity contribution is 6.01. The Kier molecular flexibility index (Phi) is 4.73. The van der Waals surface area contributed by atoms with E-state index in [1.807, 2.05) is 0 Å². The number of rotatable bonds is 5. The summed E-state index contributed by atoms with van der Waals surface area (Å²) in [4.78, 5) is 23.2. The van der Waals surface area contributed by atoms with Crippen LogP contribution in [0.25, 0.3) is 0 Å². The van der Waals surface area contributed by atoms with E-state index in [0.717, 1.165) is 0 Å². The van der Waals surface area contributed by atoms with E-state index in [0.29, 0.717) is 5.56 Å². The van der Waals surface area contributed by atoms with Crippen molar-refractivity contribution in [2.45, 2.75) is 6.04 Å². The number of hydrogen-bond donors (Lipinski definition) is 1. The second-order valence-electron chi connectivity index (χ2n) is 4.30. The second kappa shape index (κ2) is 6.90. The SMILES string of the molecule is N#CC(N=Nc1ccccc1C(=O)O)C(=O)c1ccccc1. The lowest BCUT2D eigenvalue weighted by atomic mass is 10.1. The first-order valence-electron chi connectivity index (χ1n) is 6.35. The van der Waals surface area contributed by atoms with Crippen LogP contribution < -0.4 is 0 Å². The molecular formula is C16H11N3O3. The van der Waals surface area contributed by atoms with Crippen molar-refractivity contribution in [1.29, 1.82) is 5.26 Å². The van der Waals surface area contributed by atoms with Gasteiger partial charge in [-0.2, -0.15) is 15.5 Å². The van der Waals surface area contributed by atoms with Crippen molar-refractivity contribution in [3.63, 3.8) is 0 Å². The van der Waals surface area contributed by atoms with Crippen LogP contribution in [0.2, 0.25) is 0 Å². The Morgan fingerprint density at radius 1 is 1.05 bits per heavy atom. The zero-order valence-corrected chi connectivity index (χ0v) is 11.4. The first-order chi connectivity index (χ1) is 10.6. The molecule has 0 aliphatic heterocycles. The van der Waals surface area contributed by atoms with Crippen LogP contribution in [-0.4, -0.2) is 22.9 Å². The van der Waals surface area contributed by atoms with E-state index < -0.39 is 17.8 Å². The lowest BCUT2D eigenvalue weighted by Crippen LogP contribution is -2.16. The zero-order valence-electron chi connectivity index (χ0n) is 11.4. The van der Waals surface area contributed by atoms with E-state index in [4.69, 9.17) is 10.4 Å². The number of hydrogen-bond acceptors (Lipinski definition) is 5. The van der Waals surface area contributed by atoms with Crippen LogP contribution in [0.3, 0.4) is 0 Å². The lowest BCUT2D eigenvalue weighted by molar-refractivity contribution is 0.0697. The predicted octanol–water partition coefficient (Wildman–Crippen LogP) is 3.24. The van der Waals surface area contributed by atoms with Crippen LogP contribution in [0, 0.1) is 11.3 Å². The highest BCUT2D eigenvalue weighted by atomic mass is 16.4. The smallest absolute Gasteiger partial charge is 0.337 e. The number of azo groups is 1. The summed E-state index contributed by atoms with van der Waals surface area (Å²) in [6.07, 6.45) is 0. The highest BCUT2D eigenvalue weighted by Crippen LogP contribution is 2.20. The van der Waals surface area contributed by atoms with Gasteiger partial charge in [-0.15, -0.1) is 0 Å². The number of nitrogens with zero attached hydrogens (tertiary/aromatic N) is 3. The summed E-state index contributed by atoms with van der Waals surface area (Å²) in [5.74, 6) is -1.64. The summed E-state index contributed by atoms with van der Waals surface area (Å²) >= 11 is 0. The van der Waals surface area contributed by atoms with Gasteiger partial charge in [-0.05, 0) is 12.1 Å². The normalized spacial score (nSPS) is 11.8. The van der Waals surface area contributed by atoms with Crippen LogP contribution >= 0.6 is 0 Å². The number of carbonyl (C=O) groups is 2. The molecule has 0 aromatic heterocycles. The number of aromatic carboxylic acids is 1. The molecule has 108 valence electrons. The topological polar surface area (TPSA) is 103 Å². The molecule has 2 aromatic carbocycles. The molecule has 0 aliphatic rings. The van der Waals surface area contributed by atoms with Crippen LogP contribution in [0.1, 0.15) is 20.7 Å². The van der Waals surface area contributed by atoms with Crippen molar-refractivity contribution in [3.05, 3.63) is 65.7 Å². The third kappa shape index (κ3) is 3.41. The molecule has 1 unspecified atom stereocenters. The Bertz CT molecular complexity index is 764. The van der Waals surface area contributed by atoms with E-state index in [1.54, 1.807) is 48.5 Å². The highest BCUT2D eigenvalue weighted by Gasteiger charge is 2.19. The summed E-state index contributed by atoms with van der Waals surface area (Å²) in [7, 11) is 0. The molecule has 0 fully saturated rings. The van der Waals surface area contributed by atoms with Crippen LogP contribution in [0.5, 0.6) is 0 Å². The van der Waals surface area contributed by atoms with Crippen LogP contribution in [0.4, 0.5) is 5.69 Å². The third-order valence-electron chi connectivity index (χ3n) is 2.84. The molecule has 0 amide bonds. The van der Waals surface area contributed by atoms with Crippen molar-refractivity contribution in [3.8, 4) is 6.07 Å². The van der Waals surface area contributed by atoms with Crippen molar-refractivity contribution in [1.82, 2.24) is 0 Å². The predicted molar refractivity (Wildman–Crippen MR) is 78.1 cm³/mol. The van der Waals surface area contributed by atoms with Gasteiger partial charge in [-0.25, -0.2) is 4.79 Å². The van der Waals surface area contributed by atoms with Gasteiger partial charge < -0.3 is 5.11 Å². The maximum Gasteiger partial charge on any atom is 0.337 e. The average molecular weight is 293 g/mol. The Balaban J connectivity index is 2.26. The van der Waals surface area contributed by atoms with Gasteiger partial charge in [0.15, 0.2) is 0 Å². The molecule has 1 atom stereocenters. The van der Waals surface area contributed by atoms with E-state index in [9.17, 15) is 9.59 Å². The van der Waals surface area contributed by atoms with Gasteiger partial charge in [0.1, 0.15) is 0 Å². The molecule has 6 heteroatoms. The molecule has 0 radical (unpaired) electrons. The number of carboxylic acids is 1. The molecule has 0 aliphatic carbocycles. The molecule has 0 spiro atoms. The molecular weight excluding hydrogens is 282 g/mol. The summed E-state index contributed by atoms with van der Waals surface area (Å²) in [6.45, 7) is 0. The van der Waals surface area contributed by atoms with Gasteiger partial charge in [0, 0.05) is 5.56 Å². The quantitative estimate of drug-likeness (QED) is 0.675. The van der Waals surface area contributed by atoms with Gasteiger partial charge in [0.2, 0.25) is 11.8 Å².